The van der Waals surface area contributed by atoms with E-state index in [1.165, 1.54) is 12.5 Å². The quantitative estimate of drug-likeness (QED) is 0.302. The van der Waals surface area contributed by atoms with Gasteiger partial charge in [-0.25, -0.2) is 9.78 Å². The highest BCUT2D eigenvalue weighted by Crippen LogP contribution is 2.00. The van der Waals surface area contributed by atoms with Gasteiger partial charge < -0.3 is 26.5 Å². The van der Waals surface area contributed by atoms with Crippen molar-refractivity contribution in [1.82, 2.24) is 20.6 Å². The minimum atomic E-state index is -1.20. The highest BCUT2D eigenvalue weighted by Gasteiger charge is 2.26. The molecule has 0 aliphatic rings. The van der Waals surface area contributed by atoms with Crippen molar-refractivity contribution in [3.8, 4) is 0 Å². The van der Waals surface area contributed by atoms with Gasteiger partial charge >= 0.3 is 5.97 Å². The number of aromatic amines is 1. The normalized spacial score (nSPS) is 13.2. The Balaban J connectivity index is 2.76. The third-order valence-corrected chi connectivity index (χ3v) is 2.98. The number of thiol groups is 1. The summed E-state index contributed by atoms with van der Waals surface area (Å²) in [7, 11) is 0. The van der Waals surface area contributed by atoms with Gasteiger partial charge in [-0.2, -0.15) is 12.6 Å². The average Bonchev–Trinajstić information content (AvgIpc) is 2.96. The molecule has 10 heteroatoms. The Labute approximate surface area is 126 Å². The number of nitrogens with one attached hydrogen (secondary N) is 3. The number of rotatable bonds is 8. The second-order valence-corrected chi connectivity index (χ2v) is 4.55. The van der Waals surface area contributed by atoms with Crippen molar-refractivity contribution >= 4 is 30.4 Å². The Morgan fingerprint density at radius 2 is 2.10 bits per heavy atom. The second kappa shape index (κ2) is 8.27. The lowest BCUT2D eigenvalue weighted by Crippen LogP contribution is -2.54. The van der Waals surface area contributed by atoms with Gasteiger partial charge in [-0.1, -0.05) is 0 Å². The SMILES string of the molecule is NCC(=O)N[C@@H](Cc1cnc[nH]1)C(=O)N[C@@H](CS)C(=O)O. The average molecular weight is 315 g/mol. The lowest BCUT2D eigenvalue weighted by molar-refractivity contribution is -0.141. The van der Waals surface area contributed by atoms with Crippen LogP contribution in [0.3, 0.4) is 0 Å². The topological polar surface area (TPSA) is 150 Å². The van der Waals surface area contributed by atoms with Gasteiger partial charge in [0.15, 0.2) is 0 Å². The summed E-state index contributed by atoms with van der Waals surface area (Å²) in [6, 6.07) is -2.09. The number of aromatic nitrogens is 2. The minimum Gasteiger partial charge on any atom is -0.480 e. The molecule has 0 bridgehead atoms. The number of imidazole rings is 1. The van der Waals surface area contributed by atoms with Crippen LogP contribution in [-0.2, 0) is 20.8 Å². The van der Waals surface area contributed by atoms with Crippen molar-refractivity contribution in [2.24, 2.45) is 5.73 Å². The molecule has 0 radical (unpaired) electrons. The zero-order valence-corrected chi connectivity index (χ0v) is 12.0. The maximum Gasteiger partial charge on any atom is 0.327 e. The number of nitrogens with two attached hydrogens (primary N) is 1. The number of hydrogen-bond acceptors (Lipinski definition) is 6. The van der Waals surface area contributed by atoms with E-state index in [1.54, 1.807) is 0 Å². The molecule has 2 atom stereocenters. The molecule has 6 N–H and O–H groups in total. The molecule has 0 aromatic carbocycles. The minimum absolute atomic E-state index is 0.0668. The van der Waals surface area contributed by atoms with Crippen LogP contribution in [-0.4, -0.2) is 57.2 Å². The summed E-state index contributed by atoms with van der Waals surface area (Å²) < 4.78 is 0. The maximum atomic E-state index is 12.1. The number of H-pyrrole nitrogens is 1. The molecule has 116 valence electrons. The van der Waals surface area contributed by atoms with Crippen LogP contribution in [0.4, 0.5) is 0 Å². The van der Waals surface area contributed by atoms with Crippen LogP contribution in [0.5, 0.6) is 0 Å². The third-order valence-electron chi connectivity index (χ3n) is 2.61. The number of aliphatic carboxylic acids is 1. The predicted molar refractivity (Wildman–Crippen MR) is 76.7 cm³/mol. The Morgan fingerprint density at radius 3 is 2.57 bits per heavy atom. The summed E-state index contributed by atoms with van der Waals surface area (Å²) in [5, 5.41) is 13.6. The van der Waals surface area contributed by atoms with Crippen molar-refractivity contribution in [3.63, 3.8) is 0 Å². The number of carboxylic acids is 1. The molecular formula is C11H17N5O4S. The van der Waals surface area contributed by atoms with Gasteiger partial charge in [0.25, 0.3) is 0 Å². The Kier molecular flexibility index (Phi) is 6.69. The fraction of sp³-hybridized carbons (Fsp3) is 0.455. The van der Waals surface area contributed by atoms with Gasteiger partial charge in [0, 0.05) is 24.1 Å². The Morgan fingerprint density at radius 1 is 1.38 bits per heavy atom. The standard InChI is InChI=1S/C11H17N5O4S/c12-2-9(17)15-7(1-6-3-13-5-14-6)10(18)16-8(4-21)11(19)20/h3,5,7-8,21H,1-2,4,12H2,(H,13,14)(H,15,17)(H,16,18)(H,19,20)/t7-,8-/m0/s1. The molecule has 2 amide bonds. The van der Waals surface area contributed by atoms with Crippen molar-refractivity contribution in [1.29, 1.82) is 0 Å². The van der Waals surface area contributed by atoms with E-state index in [9.17, 15) is 14.4 Å². The largest absolute Gasteiger partial charge is 0.480 e. The number of hydrogen-bond donors (Lipinski definition) is 6. The summed E-state index contributed by atoms with van der Waals surface area (Å²) in [5.41, 5.74) is 5.82. The molecule has 0 spiro atoms. The van der Waals surface area contributed by atoms with E-state index >= 15 is 0 Å². The fourth-order valence-corrected chi connectivity index (χ4v) is 1.78. The van der Waals surface area contributed by atoms with Crippen LogP contribution < -0.4 is 16.4 Å². The van der Waals surface area contributed by atoms with E-state index in [1.807, 2.05) is 0 Å². The van der Waals surface area contributed by atoms with Crippen molar-refractivity contribution in [2.75, 3.05) is 12.3 Å². The van der Waals surface area contributed by atoms with Crippen molar-refractivity contribution in [2.45, 2.75) is 18.5 Å². The first-order valence-corrected chi connectivity index (χ1v) is 6.71. The zero-order chi connectivity index (χ0) is 15.8. The number of carbonyl (C=O) groups is 3. The monoisotopic (exact) mass is 315 g/mol. The molecule has 1 aromatic rings. The summed E-state index contributed by atoms with van der Waals surface area (Å²) in [5.74, 6) is -2.42. The second-order valence-electron chi connectivity index (χ2n) is 4.19. The van der Waals surface area contributed by atoms with E-state index < -0.39 is 29.9 Å². The zero-order valence-electron chi connectivity index (χ0n) is 11.1. The first kappa shape index (κ1) is 17.0. The van der Waals surface area contributed by atoms with Gasteiger partial charge in [0.05, 0.1) is 12.9 Å². The van der Waals surface area contributed by atoms with Gasteiger partial charge in [-0.3, -0.25) is 9.59 Å². The summed E-state index contributed by atoms with van der Waals surface area (Å²) in [4.78, 5) is 41.0. The molecule has 0 saturated heterocycles. The van der Waals surface area contributed by atoms with Crippen molar-refractivity contribution in [3.05, 3.63) is 18.2 Å². The van der Waals surface area contributed by atoms with Gasteiger partial charge in [0.1, 0.15) is 12.1 Å². The van der Waals surface area contributed by atoms with Gasteiger partial charge in [-0.05, 0) is 0 Å². The number of amides is 2. The molecule has 1 heterocycles. The maximum absolute atomic E-state index is 12.1. The van der Waals surface area contributed by atoms with E-state index in [0.29, 0.717) is 5.69 Å². The molecule has 0 saturated carbocycles. The molecule has 0 fully saturated rings. The smallest absolute Gasteiger partial charge is 0.327 e. The highest BCUT2D eigenvalue weighted by atomic mass is 32.1. The number of carbonyl (C=O) groups excluding carboxylic acids is 2. The summed E-state index contributed by atoms with van der Waals surface area (Å²) in [6.45, 7) is -0.276. The molecule has 0 unspecified atom stereocenters. The fourth-order valence-electron chi connectivity index (χ4n) is 1.54. The lowest BCUT2D eigenvalue weighted by atomic mass is 10.1. The Hall–Kier alpha value is -2.07. The molecule has 0 aliphatic heterocycles. The first-order valence-electron chi connectivity index (χ1n) is 6.08. The molecule has 0 aliphatic carbocycles. The van der Waals surface area contributed by atoms with Crippen LogP contribution in [0.1, 0.15) is 5.69 Å². The van der Waals surface area contributed by atoms with Gasteiger partial charge in [-0.15, -0.1) is 0 Å². The molecule has 1 rings (SSSR count). The first-order chi connectivity index (χ1) is 9.97. The molecular weight excluding hydrogens is 298 g/mol. The third kappa shape index (κ3) is 5.44. The highest BCUT2D eigenvalue weighted by molar-refractivity contribution is 7.80. The van der Waals surface area contributed by atoms with Crippen molar-refractivity contribution < 1.29 is 19.5 Å². The Bertz CT molecular complexity index is 493. The summed E-state index contributed by atoms with van der Waals surface area (Å²) in [6.07, 6.45) is 3.07. The summed E-state index contributed by atoms with van der Waals surface area (Å²) >= 11 is 3.86. The van der Waals surface area contributed by atoms with Gasteiger partial charge in [0.2, 0.25) is 11.8 Å². The van der Waals surface area contributed by atoms with Crippen LogP contribution in [0, 0.1) is 0 Å². The van der Waals surface area contributed by atoms with E-state index in [4.69, 9.17) is 10.8 Å². The van der Waals surface area contributed by atoms with E-state index in [2.05, 4.69) is 33.2 Å². The molecule has 1 aromatic heterocycles. The lowest BCUT2D eigenvalue weighted by Gasteiger charge is -2.20. The van der Waals surface area contributed by atoms with E-state index in [-0.39, 0.29) is 18.7 Å². The van der Waals surface area contributed by atoms with Crippen LogP contribution in [0.25, 0.3) is 0 Å². The molecule has 9 nitrogen and oxygen atoms in total. The number of carboxylic acid groups (broad SMARTS) is 1. The predicted octanol–water partition coefficient (Wildman–Crippen LogP) is -2.11. The molecule has 21 heavy (non-hydrogen) atoms. The number of nitrogens with zero attached hydrogens (tertiary/aromatic N) is 1. The van der Waals surface area contributed by atoms with E-state index in [0.717, 1.165) is 0 Å². The van der Waals surface area contributed by atoms with Crippen LogP contribution >= 0.6 is 12.6 Å². The van der Waals surface area contributed by atoms with Crippen LogP contribution in [0.2, 0.25) is 0 Å². The van der Waals surface area contributed by atoms with Crippen LogP contribution in [0.15, 0.2) is 12.5 Å².